The topological polar surface area (TPSA) is 55.6 Å². The maximum absolute atomic E-state index is 4.69. The fraction of sp³-hybridized carbons (Fsp3) is 0.500. The summed E-state index contributed by atoms with van der Waals surface area (Å²) in [5, 5.41) is 7.78. The van der Waals surface area contributed by atoms with Crippen molar-refractivity contribution in [2.75, 3.05) is 11.9 Å². The first-order valence-electron chi connectivity index (χ1n) is 6.84. The van der Waals surface area contributed by atoms with E-state index >= 15 is 0 Å². The zero-order valence-electron chi connectivity index (χ0n) is 12.3. The number of rotatable bonds is 5. The van der Waals surface area contributed by atoms with Crippen molar-refractivity contribution in [3.8, 4) is 11.5 Å². The van der Waals surface area contributed by atoms with E-state index < -0.39 is 0 Å². The molecule has 0 unspecified atom stereocenters. The molecule has 0 amide bonds. The number of aromatic nitrogens is 4. The number of hydrogen-bond acceptors (Lipinski definition) is 4. The summed E-state index contributed by atoms with van der Waals surface area (Å²) in [6, 6.07) is 1.94. The van der Waals surface area contributed by atoms with Crippen molar-refractivity contribution >= 4 is 28.4 Å². The summed E-state index contributed by atoms with van der Waals surface area (Å²) in [6.45, 7) is 7.35. The molecule has 5 nitrogen and oxygen atoms in total. The van der Waals surface area contributed by atoms with E-state index in [0.29, 0.717) is 11.7 Å². The molecule has 0 saturated carbocycles. The van der Waals surface area contributed by atoms with Gasteiger partial charge in [0.25, 0.3) is 0 Å². The lowest BCUT2D eigenvalue weighted by molar-refractivity contribution is 0.764. The van der Waals surface area contributed by atoms with Crippen LogP contribution in [0.2, 0.25) is 0 Å². The van der Waals surface area contributed by atoms with Crippen LogP contribution in [0.25, 0.3) is 11.5 Å². The highest BCUT2D eigenvalue weighted by Crippen LogP contribution is 2.27. The highest BCUT2D eigenvalue weighted by molar-refractivity contribution is 14.1. The maximum Gasteiger partial charge on any atom is 0.182 e. The van der Waals surface area contributed by atoms with Crippen LogP contribution in [0.5, 0.6) is 0 Å². The molecule has 0 bridgehead atoms. The molecule has 0 aliphatic carbocycles. The van der Waals surface area contributed by atoms with E-state index in [9.17, 15) is 0 Å². The van der Waals surface area contributed by atoms with E-state index in [2.05, 4.69) is 63.7 Å². The van der Waals surface area contributed by atoms with Gasteiger partial charge in [0.2, 0.25) is 0 Å². The van der Waals surface area contributed by atoms with Gasteiger partial charge in [0.05, 0.1) is 9.26 Å². The first-order valence-corrected chi connectivity index (χ1v) is 7.92. The molecule has 2 rings (SSSR count). The van der Waals surface area contributed by atoms with Gasteiger partial charge in [0, 0.05) is 19.8 Å². The lowest BCUT2D eigenvalue weighted by atomic mass is 10.1. The fourth-order valence-electron chi connectivity index (χ4n) is 1.86. The van der Waals surface area contributed by atoms with Gasteiger partial charge in [-0.3, -0.25) is 4.68 Å². The van der Waals surface area contributed by atoms with Gasteiger partial charge in [-0.1, -0.05) is 20.8 Å². The van der Waals surface area contributed by atoms with Gasteiger partial charge in [0.15, 0.2) is 5.82 Å². The minimum atomic E-state index is 0.356. The Morgan fingerprint density at radius 1 is 1.35 bits per heavy atom. The molecular formula is C14H20IN5. The molecule has 20 heavy (non-hydrogen) atoms. The first-order chi connectivity index (χ1) is 9.52. The summed E-state index contributed by atoms with van der Waals surface area (Å²) in [5.74, 6) is 1.95. The Bertz CT molecular complexity index is 591. The van der Waals surface area contributed by atoms with Gasteiger partial charge in [-0.25, -0.2) is 9.97 Å². The molecule has 2 heterocycles. The zero-order valence-corrected chi connectivity index (χ0v) is 14.5. The molecule has 1 N–H and O–H groups in total. The van der Waals surface area contributed by atoms with Gasteiger partial charge in [0.1, 0.15) is 11.5 Å². The van der Waals surface area contributed by atoms with Crippen molar-refractivity contribution < 1.29 is 0 Å². The van der Waals surface area contributed by atoms with E-state index in [4.69, 9.17) is 0 Å². The number of nitrogens with zero attached hydrogens (tertiary/aromatic N) is 4. The quantitative estimate of drug-likeness (QED) is 0.802. The van der Waals surface area contributed by atoms with Crippen LogP contribution in [0.15, 0.2) is 12.3 Å². The van der Waals surface area contributed by atoms with Gasteiger partial charge in [-0.15, -0.1) is 0 Å². The third kappa shape index (κ3) is 3.28. The fourth-order valence-corrected chi connectivity index (χ4v) is 2.91. The summed E-state index contributed by atoms with van der Waals surface area (Å²) in [5.41, 5.74) is 1.88. The molecule has 0 aromatic carbocycles. The van der Waals surface area contributed by atoms with Crippen molar-refractivity contribution in [2.24, 2.45) is 7.05 Å². The molecule has 0 fully saturated rings. The van der Waals surface area contributed by atoms with Gasteiger partial charge >= 0.3 is 0 Å². The standard InChI is InChI=1S/C14H20IN5/c1-5-7-16-14-11(15)12(9(2)3)17-13(18-14)10-6-8-20(4)19-10/h6,8-9H,5,7H2,1-4H3,(H,16,17,18). The third-order valence-corrected chi connectivity index (χ3v) is 3.97. The normalized spacial score (nSPS) is 11.1. The molecule has 2 aromatic heterocycles. The SMILES string of the molecule is CCCNc1nc(-c2ccn(C)n2)nc(C(C)C)c1I. The average molecular weight is 385 g/mol. The Morgan fingerprint density at radius 2 is 2.10 bits per heavy atom. The number of aryl methyl sites for hydroxylation is 1. The monoisotopic (exact) mass is 385 g/mol. The van der Waals surface area contributed by atoms with E-state index in [1.165, 1.54) is 0 Å². The second kappa shape index (κ2) is 6.51. The summed E-state index contributed by atoms with van der Waals surface area (Å²) in [7, 11) is 1.90. The summed E-state index contributed by atoms with van der Waals surface area (Å²) in [6.07, 6.45) is 2.97. The lowest BCUT2D eigenvalue weighted by Crippen LogP contribution is -2.10. The average Bonchev–Trinajstić information content (AvgIpc) is 2.84. The maximum atomic E-state index is 4.69. The number of anilines is 1. The van der Waals surface area contributed by atoms with E-state index in [1.807, 2.05) is 19.3 Å². The third-order valence-electron chi connectivity index (χ3n) is 2.91. The van der Waals surface area contributed by atoms with Crippen molar-refractivity contribution in [1.29, 1.82) is 0 Å². The van der Waals surface area contributed by atoms with E-state index in [0.717, 1.165) is 33.7 Å². The summed E-state index contributed by atoms with van der Waals surface area (Å²) < 4.78 is 2.87. The lowest BCUT2D eigenvalue weighted by Gasteiger charge is -2.14. The molecule has 6 heteroatoms. The van der Waals surface area contributed by atoms with Crippen molar-refractivity contribution in [3.63, 3.8) is 0 Å². The van der Waals surface area contributed by atoms with Crippen LogP contribution in [0.1, 0.15) is 38.8 Å². The van der Waals surface area contributed by atoms with Crippen LogP contribution in [0.4, 0.5) is 5.82 Å². The van der Waals surface area contributed by atoms with Crippen LogP contribution in [-0.2, 0) is 7.05 Å². The van der Waals surface area contributed by atoms with Crippen LogP contribution in [0.3, 0.4) is 0 Å². The van der Waals surface area contributed by atoms with E-state index in [-0.39, 0.29) is 0 Å². The molecular weight excluding hydrogens is 365 g/mol. The Hall–Kier alpha value is -1.18. The smallest absolute Gasteiger partial charge is 0.182 e. The van der Waals surface area contributed by atoms with Crippen LogP contribution < -0.4 is 5.32 Å². The minimum absolute atomic E-state index is 0.356. The number of nitrogens with one attached hydrogen (secondary N) is 1. The van der Waals surface area contributed by atoms with Crippen LogP contribution in [0, 0.1) is 3.57 Å². The second-order valence-corrected chi connectivity index (χ2v) is 6.13. The Morgan fingerprint density at radius 3 is 2.65 bits per heavy atom. The molecule has 0 aliphatic rings. The molecule has 0 atom stereocenters. The Balaban J connectivity index is 2.49. The van der Waals surface area contributed by atoms with Gasteiger partial charge < -0.3 is 5.32 Å². The van der Waals surface area contributed by atoms with Gasteiger partial charge in [-0.05, 0) is 41.0 Å². The van der Waals surface area contributed by atoms with E-state index in [1.54, 1.807) is 4.68 Å². The molecule has 108 valence electrons. The predicted octanol–water partition coefficient (Wildman–Crippen LogP) is 3.43. The largest absolute Gasteiger partial charge is 0.369 e. The van der Waals surface area contributed by atoms with Crippen LogP contribution in [-0.4, -0.2) is 26.3 Å². The summed E-state index contributed by atoms with van der Waals surface area (Å²) >= 11 is 2.32. The Labute approximate surface area is 133 Å². The molecule has 0 aliphatic heterocycles. The van der Waals surface area contributed by atoms with Crippen molar-refractivity contribution in [2.45, 2.75) is 33.1 Å². The first kappa shape index (κ1) is 15.2. The highest BCUT2D eigenvalue weighted by atomic mass is 127. The zero-order chi connectivity index (χ0) is 14.7. The van der Waals surface area contributed by atoms with Crippen LogP contribution >= 0.6 is 22.6 Å². The van der Waals surface area contributed by atoms with Gasteiger partial charge in [-0.2, -0.15) is 5.10 Å². The highest BCUT2D eigenvalue weighted by Gasteiger charge is 2.16. The second-order valence-electron chi connectivity index (χ2n) is 5.05. The molecule has 0 radical (unpaired) electrons. The van der Waals surface area contributed by atoms with Crippen molar-refractivity contribution in [3.05, 3.63) is 21.5 Å². The van der Waals surface area contributed by atoms with Crippen molar-refractivity contribution in [1.82, 2.24) is 19.7 Å². The Kier molecular flexibility index (Phi) is 4.95. The number of hydrogen-bond donors (Lipinski definition) is 1. The molecule has 2 aromatic rings. The molecule has 0 saturated heterocycles. The summed E-state index contributed by atoms with van der Waals surface area (Å²) in [4.78, 5) is 9.32. The predicted molar refractivity (Wildman–Crippen MR) is 89.8 cm³/mol. The number of halogens is 1. The minimum Gasteiger partial charge on any atom is -0.369 e. The molecule has 0 spiro atoms.